The molecule has 2 aromatic rings. The second-order valence-corrected chi connectivity index (χ2v) is 6.99. The first-order chi connectivity index (χ1) is 12.7. The Hall–Kier alpha value is -2.34. The number of guanidine groups is 1. The first-order valence-electron chi connectivity index (χ1n) is 9.09. The fourth-order valence-electron chi connectivity index (χ4n) is 2.45. The zero-order valence-electron chi connectivity index (χ0n) is 15.5. The van der Waals surface area contributed by atoms with Crippen molar-refractivity contribution in [2.45, 2.75) is 26.2 Å². The van der Waals surface area contributed by atoms with Gasteiger partial charge in [0.15, 0.2) is 5.96 Å². The van der Waals surface area contributed by atoms with Crippen molar-refractivity contribution in [3.05, 3.63) is 58.3 Å². The molecule has 1 heterocycles. The van der Waals surface area contributed by atoms with Gasteiger partial charge in [0.1, 0.15) is 0 Å². The van der Waals surface area contributed by atoms with Crippen molar-refractivity contribution in [1.82, 2.24) is 16.0 Å². The molecule has 0 fully saturated rings. The monoisotopic (exact) mass is 372 g/mol. The summed E-state index contributed by atoms with van der Waals surface area (Å²) in [5, 5.41) is 11.4. The molecule has 2 rings (SSSR count). The molecule has 0 aliphatic rings. The summed E-state index contributed by atoms with van der Waals surface area (Å²) < 4.78 is 0. The number of benzene rings is 1. The summed E-state index contributed by atoms with van der Waals surface area (Å²) in [5.74, 6) is 1.19. The molecule has 0 radical (unpaired) electrons. The van der Waals surface area contributed by atoms with Crippen LogP contribution < -0.4 is 16.0 Å². The van der Waals surface area contributed by atoms with E-state index in [4.69, 9.17) is 0 Å². The summed E-state index contributed by atoms with van der Waals surface area (Å²) >= 11 is 1.46. The molecule has 6 heteroatoms. The quantitative estimate of drug-likeness (QED) is 0.360. The van der Waals surface area contributed by atoms with E-state index in [2.05, 4.69) is 59.1 Å². The van der Waals surface area contributed by atoms with E-state index >= 15 is 0 Å². The van der Waals surface area contributed by atoms with Gasteiger partial charge >= 0.3 is 0 Å². The summed E-state index contributed by atoms with van der Waals surface area (Å²) in [6.07, 6.45) is 0.843. The first kappa shape index (κ1) is 20.0. The Morgan fingerprint density at radius 1 is 1.08 bits per heavy atom. The molecular weight excluding hydrogens is 344 g/mol. The number of rotatable bonds is 9. The van der Waals surface area contributed by atoms with Gasteiger partial charge in [-0.25, -0.2) is 0 Å². The lowest BCUT2D eigenvalue weighted by Gasteiger charge is -2.14. The molecule has 0 saturated heterocycles. The van der Waals surface area contributed by atoms with E-state index in [0.717, 1.165) is 36.9 Å². The minimum atomic E-state index is -0.00254. The molecule has 1 aromatic carbocycles. The molecule has 26 heavy (non-hydrogen) atoms. The van der Waals surface area contributed by atoms with Crippen molar-refractivity contribution in [2.24, 2.45) is 4.99 Å². The molecule has 0 aliphatic heterocycles. The van der Waals surface area contributed by atoms with Gasteiger partial charge in [-0.05, 0) is 30.4 Å². The fourth-order valence-corrected chi connectivity index (χ4v) is 3.09. The van der Waals surface area contributed by atoms with Gasteiger partial charge in [0.25, 0.3) is 5.91 Å². The molecule has 3 N–H and O–H groups in total. The Morgan fingerprint density at radius 3 is 2.54 bits per heavy atom. The number of carbonyl (C=O) groups is 1. The van der Waals surface area contributed by atoms with Crippen LogP contribution in [0.2, 0.25) is 0 Å². The third kappa shape index (κ3) is 6.88. The van der Waals surface area contributed by atoms with Crippen LogP contribution in [0.1, 0.15) is 41.4 Å². The summed E-state index contributed by atoms with van der Waals surface area (Å²) in [6, 6.07) is 14.1. The average Bonchev–Trinajstić information content (AvgIpc) is 3.21. The highest BCUT2D eigenvalue weighted by Gasteiger charge is 2.06. The third-order valence-corrected chi connectivity index (χ3v) is 4.78. The number of amides is 1. The Kier molecular flexibility index (Phi) is 8.69. The topological polar surface area (TPSA) is 65.5 Å². The Labute approximate surface area is 159 Å². The molecule has 5 nitrogen and oxygen atoms in total. The van der Waals surface area contributed by atoms with E-state index in [0.29, 0.717) is 12.5 Å². The average molecular weight is 373 g/mol. The number of hydrogen-bond acceptors (Lipinski definition) is 3. The number of aliphatic imine (C=N–C) groups is 1. The largest absolute Gasteiger partial charge is 0.357 e. The lowest BCUT2D eigenvalue weighted by molar-refractivity contribution is 0.0957. The number of nitrogens with one attached hydrogen (secondary N) is 3. The van der Waals surface area contributed by atoms with Crippen molar-refractivity contribution in [3.8, 4) is 0 Å². The highest BCUT2D eigenvalue weighted by molar-refractivity contribution is 7.12. The Morgan fingerprint density at radius 2 is 1.85 bits per heavy atom. The molecule has 1 atom stereocenters. The lowest BCUT2D eigenvalue weighted by atomic mass is 10.0. The summed E-state index contributed by atoms with van der Waals surface area (Å²) in [6.45, 7) is 7.19. The van der Waals surface area contributed by atoms with Crippen molar-refractivity contribution < 1.29 is 4.79 Å². The predicted octanol–water partition coefficient (Wildman–Crippen LogP) is 3.23. The smallest absolute Gasteiger partial charge is 0.261 e. The third-order valence-electron chi connectivity index (χ3n) is 3.91. The normalized spacial score (nSPS) is 12.5. The molecule has 0 bridgehead atoms. The van der Waals surface area contributed by atoms with E-state index in [1.165, 1.54) is 16.9 Å². The minimum absolute atomic E-state index is 0.00254. The van der Waals surface area contributed by atoms with Gasteiger partial charge in [-0.2, -0.15) is 0 Å². The SMILES string of the molecule is CCNC(=NCC(C)c1ccccc1)NCCCNC(=O)c1cccs1. The summed E-state index contributed by atoms with van der Waals surface area (Å²) in [5.41, 5.74) is 1.29. The maximum atomic E-state index is 11.9. The van der Waals surface area contributed by atoms with Gasteiger partial charge in [-0.1, -0.05) is 43.3 Å². The van der Waals surface area contributed by atoms with Crippen LogP contribution in [0.5, 0.6) is 0 Å². The Balaban J connectivity index is 1.70. The molecule has 0 spiro atoms. The van der Waals surface area contributed by atoms with Crippen molar-refractivity contribution in [2.75, 3.05) is 26.2 Å². The van der Waals surface area contributed by atoms with Crippen molar-refractivity contribution in [3.63, 3.8) is 0 Å². The van der Waals surface area contributed by atoms with Crippen LogP contribution in [-0.2, 0) is 0 Å². The highest BCUT2D eigenvalue weighted by Crippen LogP contribution is 2.14. The standard InChI is InChI=1S/C20H28N4OS/c1-3-21-20(24-15-16(2)17-9-5-4-6-10-17)23-13-8-12-22-19(25)18-11-7-14-26-18/h4-7,9-11,14,16H,3,8,12-13,15H2,1-2H3,(H,22,25)(H2,21,23,24). The zero-order valence-corrected chi connectivity index (χ0v) is 16.3. The van der Waals surface area contributed by atoms with Crippen molar-refractivity contribution >= 4 is 23.2 Å². The maximum absolute atomic E-state index is 11.9. The molecule has 0 saturated carbocycles. The second-order valence-electron chi connectivity index (χ2n) is 6.04. The Bertz CT molecular complexity index is 670. The van der Waals surface area contributed by atoms with E-state index in [-0.39, 0.29) is 5.91 Å². The molecular formula is C20H28N4OS. The molecule has 0 aliphatic carbocycles. The van der Waals surface area contributed by atoms with Gasteiger partial charge < -0.3 is 16.0 Å². The van der Waals surface area contributed by atoms with Gasteiger partial charge in [0.05, 0.1) is 4.88 Å². The molecule has 1 amide bonds. The van der Waals surface area contributed by atoms with E-state index in [1.54, 1.807) is 0 Å². The van der Waals surface area contributed by atoms with Gasteiger partial charge in [-0.15, -0.1) is 11.3 Å². The predicted molar refractivity (Wildman–Crippen MR) is 110 cm³/mol. The maximum Gasteiger partial charge on any atom is 0.261 e. The van der Waals surface area contributed by atoms with Crippen LogP contribution in [0.15, 0.2) is 52.8 Å². The number of nitrogens with zero attached hydrogens (tertiary/aromatic N) is 1. The number of thiophene rings is 1. The fraction of sp³-hybridized carbons (Fsp3) is 0.400. The van der Waals surface area contributed by atoms with Crippen LogP contribution in [0.25, 0.3) is 0 Å². The van der Waals surface area contributed by atoms with E-state index < -0.39 is 0 Å². The lowest BCUT2D eigenvalue weighted by Crippen LogP contribution is -2.39. The van der Waals surface area contributed by atoms with Crippen molar-refractivity contribution in [1.29, 1.82) is 0 Å². The second kappa shape index (κ2) is 11.3. The van der Waals surface area contributed by atoms with Crippen LogP contribution in [0.3, 0.4) is 0 Å². The van der Waals surface area contributed by atoms with Gasteiger partial charge in [0.2, 0.25) is 0 Å². The summed E-state index contributed by atoms with van der Waals surface area (Å²) in [7, 11) is 0. The highest BCUT2D eigenvalue weighted by atomic mass is 32.1. The molecule has 1 aromatic heterocycles. The molecule has 1 unspecified atom stereocenters. The van der Waals surface area contributed by atoms with E-state index in [9.17, 15) is 4.79 Å². The van der Waals surface area contributed by atoms with Crippen LogP contribution in [0.4, 0.5) is 0 Å². The van der Waals surface area contributed by atoms with Gasteiger partial charge in [-0.3, -0.25) is 9.79 Å². The molecule has 140 valence electrons. The summed E-state index contributed by atoms with van der Waals surface area (Å²) in [4.78, 5) is 17.3. The first-order valence-corrected chi connectivity index (χ1v) is 9.97. The minimum Gasteiger partial charge on any atom is -0.357 e. The van der Waals surface area contributed by atoms with Crippen LogP contribution in [0, 0.1) is 0 Å². The zero-order chi connectivity index (χ0) is 18.6. The van der Waals surface area contributed by atoms with Crippen LogP contribution in [-0.4, -0.2) is 38.0 Å². The van der Waals surface area contributed by atoms with Crippen LogP contribution >= 0.6 is 11.3 Å². The number of carbonyl (C=O) groups excluding carboxylic acids is 1. The van der Waals surface area contributed by atoms with Gasteiger partial charge in [0, 0.05) is 32.1 Å². The van der Waals surface area contributed by atoms with E-state index in [1.807, 2.05) is 23.6 Å². The number of hydrogen-bond donors (Lipinski definition) is 3.